The molecule has 0 unspecified atom stereocenters. The highest BCUT2D eigenvalue weighted by atomic mass is 16.5. The van der Waals surface area contributed by atoms with Crippen LogP contribution in [0.25, 0.3) is 0 Å². The molecule has 92 valence electrons. The van der Waals surface area contributed by atoms with Crippen molar-refractivity contribution in [3.8, 4) is 0 Å². The van der Waals surface area contributed by atoms with Crippen LogP contribution in [-0.2, 0) is 9.53 Å². The molecule has 0 bridgehead atoms. The van der Waals surface area contributed by atoms with Gasteiger partial charge in [-0.05, 0) is 37.5 Å². The molecule has 0 N–H and O–H groups in total. The van der Waals surface area contributed by atoms with Crippen LogP contribution in [0.5, 0.6) is 0 Å². The van der Waals surface area contributed by atoms with Gasteiger partial charge in [-0.15, -0.1) is 0 Å². The molecule has 0 spiro atoms. The largest absolute Gasteiger partial charge is 0.369 e. The Morgan fingerprint density at radius 2 is 2.29 bits per heavy atom. The number of carbonyl (C=O) groups excluding carboxylic acids is 1. The Bertz CT molecular complexity index is 428. The highest BCUT2D eigenvalue weighted by molar-refractivity contribution is 5.97. The SMILES string of the molecule is C=C/C(C)=C/[C@@H]1OC[C@@]2(C)CCC(=O)C(C)=C12. The molecule has 1 heterocycles. The van der Waals surface area contributed by atoms with Crippen molar-refractivity contribution < 1.29 is 9.53 Å². The summed E-state index contributed by atoms with van der Waals surface area (Å²) in [5, 5.41) is 0. The van der Waals surface area contributed by atoms with Crippen LogP contribution in [-0.4, -0.2) is 18.5 Å². The first-order valence-corrected chi connectivity index (χ1v) is 6.15. The molecule has 0 saturated carbocycles. The van der Waals surface area contributed by atoms with E-state index < -0.39 is 0 Å². The molecule has 0 amide bonds. The van der Waals surface area contributed by atoms with Crippen molar-refractivity contribution >= 4 is 5.78 Å². The summed E-state index contributed by atoms with van der Waals surface area (Å²) in [4.78, 5) is 11.8. The zero-order chi connectivity index (χ0) is 12.6. The van der Waals surface area contributed by atoms with E-state index in [1.807, 2.05) is 19.9 Å². The summed E-state index contributed by atoms with van der Waals surface area (Å²) in [6, 6.07) is 0. The number of carbonyl (C=O) groups is 1. The second-order valence-electron chi connectivity index (χ2n) is 5.37. The molecule has 2 atom stereocenters. The van der Waals surface area contributed by atoms with Crippen LogP contribution in [0.15, 0.2) is 35.5 Å². The second kappa shape index (κ2) is 4.26. The molecule has 1 aliphatic heterocycles. The summed E-state index contributed by atoms with van der Waals surface area (Å²) >= 11 is 0. The minimum Gasteiger partial charge on any atom is -0.369 e. The zero-order valence-electron chi connectivity index (χ0n) is 10.9. The van der Waals surface area contributed by atoms with Gasteiger partial charge in [-0.25, -0.2) is 0 Å². The van der Waals surface area contributed by atoms with Crippen LogP contribution in [0.4, 0.5) is 0 Å². The van der Waals surface area contributed by atoms with E-state index in [-0.39, 0.29) is 17.3 Å². The molecule has 1 saturated heterocycles. The number of Topliss-reactive ketones (excluding diaryl/α,β-unsaturated/α-hetero) is 1. The number of fused-ring (bicyclic) bond motifs is 1. The molecule has 2 aliphatic rings. The normalized spacial score (nSPS) is 33.9. The first kappa shape index (κ1) is 12.3. The van der Waals surface area contributed by atoms with Gasteiger partial charge in [0.05, 0.1) is 12.7 Å². The second-order valence-corrected chi connectivity index (χ2v) is 5.37. The smallest absolute Gasteiger partial charge is 0.158 e. The van der Waals surface area contributed by atoms with Crippen molar-refractivity contribution in [1.82, 2.24) is 0 Å². The summed E-state index contributed by atoms with van der Waals surface area (Å²) in [7, 11) is 0. The zero-order valence-corrected chi connectivity index (χ0v) is 10.9. The number of rotatable bonds is 2. The highest BCUT2D eigenvalue weighted by Gasteiger charge is 2.45. The first-order valence-electron chi connectivity index (χ1n) is 6.15. The Labute approximate surface area is 103 Å². The third-order valence-electron chi connectivity index (χ3n) is 3.98. The van der Waals surface area contributed by atoms with Gasteiger partial charge in [0, 0.05) is 11.8 Å². The monoisotopic (exact) mass is 232 g/mol. The van der Waals surface area contributed by atoms with Crippen LogP contribution >= 0.6 is 0 Å². The average molecular weight is 232 g/mol. The van der Waals surface area contributed by atoms with Gasteiger partial charge < -0.3 is 4.74 Å². The van der Waals surface area contributed by atoms with Crippen molar-refractivity contribution in [2.24, 2.45) is 5.41 Å². The Hall–Kier alpha value is -1.15. The van der Waals surface area contributed by atoms with Crippen molar-refractivity contribution in [2.45, 2.75) is 39.7 Å². The van der Waals surface area contributed by atoms with Crippen molar-refractivity contribution in [3.05, 3.63) is 35.5 Å². The van der Waals surface area contributed by atoms with Crippen LogP contribution in [0, 0.1) is 5.41 Å². The Morgan fingerprint density at radius 3 is 2.94 bits per heavy atom. The Morgan fingerprint density at radius 1 is 1.59 bits per heavy atom. The van der Waals surface area contributed by atoms with Gasteiger partial charge in [0.15, 0.2) is 5.78 Å². The molecule has 1 aliphatic carbocycles. The topological polar surface area (TPSA) is 26.3 Å². The van der Waals surface area contributed by atoms with Gasteiger partial charge >= 0.3 is 0 Å². The third kappa shape index (κ3) is 2.02. The van der Waals surface area contributed by atoms with E-state index in [2.05, 4.69) is 19.6 Å². The van der Waals surface area contributed by atoms with Crippen LogP contribution in [0.3, 0.4) is 0 Å². The number of allylic oxidation sites excluding steroid dienone is 3. The lowest BCUT2D eigenvalue weighted by molar-refractivity contribution is -0.116. The summed E-state index contributed by atoms with van der Waals surface area (Å²) in [6.07, 6.45) is 5.42. The quantitative estimate of drug-likeness (QED) is 0.683. The van der Waals surface area contributed by atoms with E-state index >= 15 is 0 Å². The van der Waals surface area contributed by atoms with Crippen molar-refractivity contribution in [1.29, 1.82) is 0 Å². The molecule has 0 aromatic rings. The molecule has 17 heavy (non-hydrogen) atoms. The van der Waals surface area contributed by atoms with Gasteiger partial charge in [-0.1, -0.05) is 25.2 Å². The fourth-order valence-electron chi connectivity index (χ4n) is 2.82. The molecular formula is C15H20O2. The molecule has 2 rings (SSSR count). The lowest BCUT2D eigenvalue weighted by Crippen LogP contribution is -2.28. The van der Waals surface area contributed by atoms with E-state index in [1.165, 1.54) is 5.57 Å². The number of ether oxygens (including phenoxy) is 1. The van der Waals surface area contributed by atoms with Crippen molar-refractivity contribution in [2.75, 3.05) is 6.61 Å². The van der Waals surface area contributed by atoms with Crippen LogP contribution in [0.1, 0.15) is 33.6 Å². The van der Waals surface area contributed by atoms with E-state index in [0.717, 1.165) is 24.2 Å². The molecule has 0 radical (unpaired) electrons. The highest BCUT2D eigenvalue weighted by Crippen LogP contribution is 2.47. The molecule has 2 nitrogen and oxygen atoms in total. The first-order chi connectivity index (χ1) is 7.98. The maximum absolute atomic E-state index is 11.8. The summed E-state index contributed by atoms with van der Waals surface area (Å²) in [6.45, 7) is 10.6. The standard InChI is InChI=1S/C15H20O2/c1-5-10(2)8-13-14-11(3)12(16)6-7-15(14,4)9-17-13/h5,8,13H,1,6-7,9H2,2-4H3/b10-8+/t13-,15+/m0/s1. The minimum absolute atomic E-state index is 0.0396. The van der Waals surface area contributed by atoms with Crippen molar-refractivity contribution in [3.63, 3.8) is 0 Å². The predicted octanol–water partition coefficient (Wildman–Crippen LogP) is 3.20. The summed E-state index contributed by atoms with van der Waals surface area (Å²) in [5.41, 5.74) is 3.25. The molecule has 0 aromatic heterocycles. The van der Waals surface area contributed by atoms with E-state index in [1.54, 1.807) is 0 Å². The molecule has 0 aromatic carbocycles. The molecule has 2 heteroatoms. The maximum Gasteiger partial charge on any atom is 0.158 e. The van der Waals surface area contributed by atoms with E-state index in [4.69, 9.17) is 4.74 Å². The fourth-order valence-corrected chi connectivity index (χ4v) is 2.82. The lowest BCUT2D eigenvalue weighted by atomic mass is 9.71. The molecular weight excluding hydrogens is 212 g/mol. The van der Waals surface area contributed by atoms with Crippen LogP contribution < -0.4 is 0 Å². The molecule has 1 fully saturated rings. The summed E-state index contributed by atoms with van der Waals surface area (Å²) < 4.78 is 5.86. The summed E-state index contributed by atoms with van der Waals surface area (Å²) in [5.74, 6) is 0.276. The van der Waals surface area contributed by atoms with Gasteiger partial charge in [-0.3, -0.25) is 4.79 Å². The van der Waals surface area contributed by atoms with Crippen LogP contribution in [0.2, 0.25) is 0 Å². The maximum atomic E-state index is 11.8. The van der Waals surface area contributed by atoms with E-state index in [9.17, 15) is 4.79 Å². The Balaban J connectivity index is 2.43. The number of ketones is 1. The minimum atomic E-state index is -0.0396. The lowest BCUT2D eigenvalue weighted by Gasteiger charge is -2.30. The van der Waals surface area contributed by atoms with Gasteiger partial charge in [0.25, 0.3) is 0 Å². The van der Waals surface area contributed by atoms with Gasteiger partial charge in [-0.2, -0.15) is 0 Å². The van der Waals surface area contributed by atoms with E-state index in [0.29, 0.717) is 6.42 Å². The fraction of sp³-hybridized carbons (Fsp3) is 0.533. The Kier molecular flexibility index (Phi) is 3.09. The number of hydrogen-bond acceptors (Lipinski definition) is 2. The van der Waals surface area contributed by atoms with Gasteiger partial charge in [0.1, 0.15) is 0 Å². The number of hydrogen-bond donors (Lipinski definition) is 0. The van der Waals surface area contributed by atoms with Gasteiger partial charge in [0.2, 0.25) is 0 Å². The third-order valence-corrected chi connectivity index (χ3v) is 3.98. The average Bonchev–Trinajstić information content (AvgIpc) is 2.63. The predicted molar refractivity (Wildman–Crippen MR) is 68.7 cm³/mol.